The molecular weight excluding hydrogens is 324 g/mol. The molecule has 3 fully saturated rings. The summed E-state index contributed by atoms with van der Waals surface area (Å²) in [6, 6.07) is 2.21. The fraction of sp³-hybridized carbons (Fsp3) is 0.722. The zero-order valence-corrected chi connectivity index (χ0v) is 14.9. The number of ether oxygens (including phenoxy) is 2. The molecule has 0 spiro atoms. The highest BCUT2D eigenvalue weighted by Gasteiger charge is 2.41. The maximum Gasteiger partial charge on any atom is 0.223 e. The smallest absolute Gasteiger partial charge is 0.223 e. The van der Waals surface area contributed by atoms with Crippen molar-refractivity contribution in [2.75, 3.05) is 52.6 Å². The Hall–Kier alpha value is -0.950. The molecule has 132 valence electrons. The number of likely N-dealkylation sites (tertiary alicyclic amines) is 1. The van der Waals surface area contributed by atoms with Gasteiger partial charge in [0.15, 0.2) is 0 Å². The van der Waals surface area contributed by atoms with Gasteiger partial charge in [-0.25, -0.2) is 0 Å². The monoisotopic (exact) mass is 350 g/mol. The highest BCUT2D eigenvalue weighted by molar-refractivity contribution is 7.07. The first kappa shape index (κ1) is 16.5. The van der Waals surface area contributed by atoms with Crippen molar-refractivity contribution < 1.29 is 14.3 Å². The van der Waals surface area contributed by atoms with E-state index >= 15 is 0 Å². The average molecular weight is 350 g/mol. The molecule has 3 aliphatic rings. The van der Waals surface area contributed by atoms with Crippen molar-refractivity contribution >= 4 is 17.2 Å². The van der Waals surface area contributed by atoms with Gasteiger partial charge in [-0.15, -0.1) is 0 Å². The summed E-state index contributed by atoms with van der Waals surface area (Å²) in [5.41, 5.74) is 1.40. The third-order valence-corrected chi connectivity index (χ3v) is 6.36. The van der Waals surface area contributed by atoms with Gasteiger partial charge in [0, 0.05) is 39.1 Å². The summed E-state index contributed by atoms with van der Waals surface area (Å²) >= 11 is 1.76. The van der Waals surface area contributed by atoms with Crippen molar-refractivity contribution in [1.29, 1.82) is 0 Å². The zero-order valence-electron chi connectivity index (χ0n) is 14.1. The molecule has 0 aromatic carbocycles. The molecule has 1 amide bonds. The Labute approximate surface area is 147 Å². The second-order valence-electron chi connectivity index (χ2n) is 7.24. The Bertz CT molecular complexity index is 544. The quantitative estimate of drug-likeness (QED) is 0.829. The maximum absolute atomic E-state index is 12.6. The molecule has 0 saturated carbocycles. The summed E-state index contributed by atoms with van der Waals surface area (Å²) < 4.78 is 11.2. The van der Waals surface area contributed by atoms with E-state index in [0.29, 0.717) is 37.4 Å². The minimum Gasteiger partial charge on any atom is -0.381 e. The molecule has 0 bridgehead atoms. The minimum atomic E-state index is 0.281. The van der Waals surface area contributed by atoms with Crippen LogP contribution < -0.4 is 0 Å². The second-order valence-corrected chi connectivity index (χ2v) is 8.02. The number of rotatable bonds is 4. The Morgan fingerprint density at radius 3 is 2.88 bits per heavy atom. The SMILES string of the molecule is O=C(C[C@@H]1COC[C@H]2CN(Cc3ccsc3)C[C@@H]12)N1CCOCC1. The molecule has 4 rings (SSSR count). The van der Waals surface area contributed by atoms with Crippen LogP contribution in [0.3, 0.4) is 0 Å². The van der Waals surface area contributed by atoms with Gasteiger partial charge < -0.3 is 14.4 Å². The van der Waals surface area contributed by atoms with Crippen LogP contribution in [0.2, 0.25) is 0 Å². The summed E-state index contributed by atoms with van der Waals surface area (Å²) in [6.07, 6.45) is 0.632. The Morgan fingerprint density at radius 1 is 1.21 bits per heavy atom. The summed E-state index contributed by atoms with van der Waals surface area (Å²) in [7, 11) is 0. The second kappa shape index (κ2) is 7.52. The maximum atomic E-state index is 12.6. The molecule has 1 aromatic heterocycles. The number of hydrogen-bond donors (Lipinski definition) is 0. The van der Waals surface area contributed by atoms with Crippen molar-refractivity contribution in [1.82, 2.24) is 9.80 Å². The van der Waals surface area contributed by atoms with Crippen LogP contribution in [-0.4, -0.2) is 68.3 Å². The summed E-state index contributed by atoms with van der Waals surface area (Å²) in [4.78, 5) is 17.1. The van der Waals surface area contributed by atoms with Crippen molar-refractivity contribution in [2.24, 2.45) is 17.8 Å². The first-order chi connectivity index (χ1) is 11.8. The van der Waals surface area contributed by atoms with E-state index in [9.17, 15) is 4.79 Å². The predicted molar refractivity (Wildman–Crippen MR) is 92.9 cm³/mol. The fourth-order valence-electron chi connectivity index (χ4n) is 4.34. The number of thiophene rings is 1. The van der Waals surface area contributed by atoms with Crippen LogP contribution in [0.15, 0.2) is 16.8 Å². The molecular formula is C18H26N2O3S. The lowest BCUT2D eigenvalue weighted by atomic mass is 9.81. The normalized spacial score (nSPS) is 31.2. The van der Waals surface area contributed by atoms with E-state index in [4.69, 9.17) is 9.47 Å². The van der Waals surface area contributed by atoms with E-state index in [1.165, 1.54) is 5.56 Å². The largest absolute Gasteiger partial charge is 0.381 e. The van der Waals surface area contributed by atoms with Crippen molar-refractivity contribution in [3.05, 3.63) is 22.4 Å². The van der Waals surface area contributed by atoms with Crippen molar-refractivity contribution in [2.45, 2.75) is 13.0 Å². The van der Waals surface area contributed by atoms with E-state index in [1.54, 1.807) is 11.3 Å². The molecule has 6 heteroatoms. The molecule has 24 heavy (non-hydrogen) atoms. The van der Waals surface area contributed by atoms with E-state index in [0.717, 1.165) is 45.9 Å². The number of amides is 1. The van der Waals surface area contributed by atoms with Crippen molar-refractivity contribution in [3.8, 4) is 0 Å². The third kappa shape index (κ3) is 3.67. The van der Waals surface area contributed by atoms with Crippen molar-refractivity contribution in [3.63, 3.8) is 0 Å². The van der Waals surface area contributed by atoms with Gasteiger partial charge in [-0.1, -0.05) is 0 Å². The third-order valence-electron chi connectivity index (χ3n) is 5.62. The van der Waals surface area contributed by atoms with Crippen LogP contribution in [0.4, 0.5) is 0 Å². The van der Waals surface area contributed by atoms with Gasteiger partial charge >= 0.3 is 0 Å². The number of morpholine rings is 1. The van der Waals surface area contributed by atoms with Gasteiger partial charge in [-0.2, -0.15) is 11.3 Å². The van der Waals surface area contributed by atoms with E-state index < -0.39 is 0 Å². The molecule has 0 aliphatic carbocycles. The van der Waals surface area contributed by atoms with E-state index in [-0.39, 0.29) is 5.91 Å². The molecule has 0 unspecified atom stereocenters. The molecule has 3 saturated heterocycles. The number of carbonyl (C=O) groups is 1. The van der Waals surface area contributed by atoms with E-state index in [1.807, 2.05) is 4.90 Å². The van der Waals surface area contributed by atoms with Crippen LogP contribution in [0, 0.1) is 17.8 Å². The zero-order chi connectivity index (χ0) is 16.4. The molecule has 4 heterocycles. The van der Waals surface area contributed by atoms with Gasteiger partial charge in [0.25, 0.3) is 0 Å². The minimum absolute atomic E-state index is 0.281. The average Bonchev–Trinajstić information content (AvgIpc) is 3.26. The first-order valence-corrected chi connectivity index (χ1v) is 9.90. The van der Waals surface area contributed by atoms with Gasteiger partial charge in [0.2, 0.25) is 5.91 Å². The van der Waals surface area contributed by atoms with Gasteiger partial charge in [-0.3, -0.25) is 9.69 Å². The number of fused-ring (bicyclic) bond motifs is 1. The molecule has 0 N–H and O–H groups in total. The summed E-state index contributed by atoms with van der Waals surface area (Å²) in [6.45, 7) is 7.65. The highest BCUT2D eigenvalue weighted by Crippen LogP contribution is 2.36. The van der Waals surface area contributed by atoms with Crippen LogP contribution in [0.1, 0.15) is 12.0 Å². The molecule has 5 nitrogen and oxygen atoms in total. The van der Waals surface area contributed by atoms with Crippen LogP contribution in [-0.2, 0) is 20.8 Å². The summed E-state index contributed by atoms with van der Waals surface area (Å²) in [5.74, 6) is 1.83. The standard InChI is InChI=1S/C18H26N2O3S/c21-18(20-2-4-22-5-3-20)7-15-11-23-12-16-9-19(10-17(15)16)8-14-1-6-24-13-14/h1,6,13,15-17H,2-5,7-12H2/t15-,16-,17+/m1/s1. The summed E-state index contributed by atoms with van der Waals surface area (Å²) in [5, 5.41) is 4.38. The molecule has 3 atom stereocenters. The Morgan fingerprint density at radius 2 is 2.08 bits per heavy atom. The van der Waals surface area contributed by atoms with E-state index in [2.05, 4.69) is 21.7 Å². The fourth-order valence-corrected chi connectivity index (χ4v) is 5.00. The Kier molecular flexibility index (Phi) is 5.17. The lowest BCUT2D eigenvalue weighted by Gasteiger charge is -2.35. The van der Waals surface area contributed by atoms with Gasteiger partial charge in [-0.05, 0) is 40.1 Å². The Balaban J connectivity index is 1.35. The van der Waals surface area contributed by atoms with Crippen LogP contribution >= 0.6 is 11.3 Å². The number of hydrogen-bond acceptors (Lipinski definition) is 5. The van der Waals surface area contributed by atoms with Gasteiger partial charge in [0.1, 0.15) is 0 Å². The number of nitrogens with zero attached hydrogens (tertiary/aromatic N) is 2. The molecule has 3 aliphatic heterocycles. The lowest BCUT2D eigenvalue weighted by molar-refractivity contribution is -0.138. The first-order valence-electron chi connectivity index (χ1n) is 8.96. The lowest BCUT2D eigenvalue weighted by Crippen LogP contribution is -2.44. The highest BCUT2D eigenvalue weighted by atomic mass is 32.1. The molecule has 1 aromatic rings. The predicted octanol–water partition coefficient (Wildman–Crippen LogP) is 1.69. The van der Waals surface area contributed by atoms with Gasteiger partial charge in [0.05, 0.1) is 26.4 Å². The number of carbonyl (C=O) groups excluding carboxylic acids is 1. The molecule has 0 radical (unpaired) electrons. The van der Waals surface area contributed by atoms with Crippen LogP contribution in [0.5, 0.6) is 0 Å². The topological polar surface area (TPSA) is 42.0 Å². The van der Waals surface area contributed by atoms with Crippen LogP contribution in [0.25, 0.3) is 0 Å².